The third-order valence-electron chi connectivity index (χ3n) is 10.5. The number of aromatic nitrogens is 5. The highest BCUT2D eigenvalue weighted by molar-refractivity contribution is 5.95. The molecule has 0 aromatic carbocycles. The van der Waals surface area contributed by atoms with Gasteiger partial charge in [-0.15, -0.1) is 0 Å². The van der Waals surface area contributed by atoms with E-state index in [-0.39, 0.29) is 5.91 Å². The van der Waals surface area contributed by atoms with Gasteiger partial charge in [-0.05, 0) is 98.7 Å². The number of carbonyl (C=O) groups excluding carboxylic acids is 2. The van der Waals surface area contributed by atoms with Crippen LogP contribution in [0, 0.1) is 30.6 Å². The monoisotopic (exact) mass is 587 g/mol. The molecule has 0 radical (unpaired) electrons. The van der Waals surface area contributed by atoms with Gasteiger partial charge in [0.25, 0.3) is 5.91 Å². The maximum atomic E-state index is 13.6. The number of nitrogens with zero attached hydrogens (tertiary/aromatic N) is 6. The second-order valence-corrected chi connectivity index (χ2v) is 13.1. The van der Waals surface area contributed by atoms with Crippen molar-refractivity contribution in [2.24, 2.45) is 23.7 Å². The fraction of sp³-hybridized carbons (Fsp3) is 0.382. The molecule has 5 aromatic heterocycles. The molecule has 10 heteroatoms. The van der Waals surface area contributed by atoms with Crippen LogP contribution in [0.15, 0.2) is 54.9 Å². The van der Waals surface area contributed by atoms with Crippen LogP contribution < -0.4 is 5.32 Å². The number of anilines is 1. The third kappa shape index (κ3) is 3.89. The number of fused-ring (bicyclic) bond motifs is 2. The minimum Gasteiger partial charge on any atom is -0.453 e. The van der Waals surface area contributed by atoms with Crippen molar-refractivity contribution in [3.8, 4) is 22.6 Å². The van der Waals surface area contributed by atoms with Gasteiger partial charge in [0.1, 0.15) is 17.2 Å². The molecule has 1 N–H and O–H groups in total. The molecular formula is C34H33N7O3. The minimum atomic E-state index is -0.560. The maximum absolute atomic E-state index is 13.6. The summed E-state index contributed by atoms with van der Waals surface area (Å²) in [5, 5.41) is 8.70. The van der Waals surface area contributed by atoms with Gasteiger partial charge in [-0.3, -0.25) is 10.1 Å². The Morgan fingerprint density at radius 3 is 2.70 bits per heavy atom. The van der Waals surface area contributed by atoms with Crippen molar-refractivity contribution in [1.29, 1.82) is 0 Å². The SMILES string of the molecule is COC(=O)Nc1ccc(-c2ccc3cc(-c4nn5cc(C(=O)N6CC7CC8CC6[C@H]87)ccc5c4C)n(CC4CC4)c3n2)cn1. The van der Waals surface area contributed by atoms with E-state index >= 15 is 0 Å². The van der Waals surface area contributed by atoms with Crippen molar-refractivity contribution in [2.45, 2.75) is 45.2 Å². The topological polar surface area (TPSA) is 107 Å². The largest absolute Gasteiger partial charge is 0.453 e. The highest BCUT2D eigenvalue weighted by atomic mass is 16.5. The maximum Gasteiger partial charge on any atom is 0.412 e. The number of aryl methyl sites for hydroxylation is 1. The van der Waals surface area contributed by atoms with Crippen molar-refractivity contribution < 1.29 is 14.3 Å². The lowest BCUT2D eigenvalue weighted by molar-refractivity contribution is -0.0204. The Bertz CT molecular complexity index is 1990. The summed E-state index contributed by atoms with van der Waals surface area (Å²) in [5.41, 5.74) is 7.33. The quantitative estimate of drug-likeness (QED) is 0.270. The van der Waals surface area contributed by atoms with Crippen molar-refractivity contribution in [2.75, 3.05) is 19.0 Å². The molecule has 3 aliphatic carbocycles. The molecule has 2 amide bonds. The highest BCUT2D eigenvalue weighted by Gasteiger charge is 2.61. The lowest BCUT2D eigenvalue weighted by Crippen LogP contribution is -2.53. The molecule has 4 aliphatic rings. The molecule has 4 atom stereocenters. The molecule has 0 bridgehead atoms. The lowest BCUT2D eigenvalue weighted by atomic mass is 9.53. The van der Waals surface area contributed by atoms with Crippen LogP contribution in [0.25, 0.3) is 39.2 Å². The number of rotatable bonds is 6. The smallest absolute Gasteiger partial charge is 0.412 e. The van der Waals surface area contributed by atoms with Gasteiger partial charge in [-0.1, -0.05) is 0 Å². The van der Waals surface area contributed by atoms with Gasteiger partial charge >= 0.3 is 6.09 Å². The van der Waals surface area contributed by atoms with Gasteiger partial charge < -0.3 is 14.2 Å². The second-order valence-electron chi connectivity index (χ2n) is 13.1. The van der Waals surface area contributed by atoms with Crippen LogP contribution in [0.3, 0.4) is 0 Å². The number of ether oxygens (including phenoxy) is 1. The summed E-state index contributed by atoms with van der Waals surface area (Å²) in [6.45, 7) is 3.90. The number of nitrogens with one attached hydrogen (secondary N) is 1. The number of hydrogen-bond donors (Lipinski definition) is 1. The van der Waals surface area contributed by atoms with Crippen LogP contribution in [0.5, 0.6) is 0 Å². The summed E-state index contributed by atoms with van der Waals surface area (Å²) < 4.78 is 8.86. The van der Waals surface area contributed by atoms with E-state index in [9.17, 15) is 9.59 Å². The van der Waals surface area contributed by atoms with Crippen molar-refractivity contribution >= 4 is 34.4 Å². The van der Waals surface area contributed by atoms with E-state index in [2.05, 4.69) is 43.6 Å². The van der Waals surface area contributed by atoms with Crippen LogP contribution in [0.4, 0.5) is 10.6 Å². The molecule has 0 spiro atoms. The van der Waals surface area contributed by atoms with Crippen LogP contribution in [-0.2, 0) is 11.3 Å². The second kappa shape index (κ2) is 9.38. The van der Waals surface area contributed by atoms with Gasteiger partial charge in [-0.2, -0.15) is 5.10 Å². The van der Waals surface area contributed by atoms with Crippen LogP contribution in [0.1, 0.15) is 41.6 Å². The van der Waals surface area contributed by atoms with E-state index in [1.54, 1.807) is 12.3 Å². The summed E-state index contributed by atoms with van der Waals surface area (Å²) in [6.07, 6.45) is 7.97. The number of pyridine rings is 3. The Hall–Kier alpha value is -4.73. The van der Waals surface area contributed by atoms with Crippen molar-refractivity contribution in [3.63, 3.8) is 0 Å². The standard InChI is InChI=1S/C34H33N7O3/c1-18-26-9-6-22(33(42)40-16-24-11-23-13-27(40)30(23)24)17-41(26)38-31(18)28-12-20-5-8-25(36-32(20)39(28)15-19-3-4-19)21-7-10-29(35-14-21)37-34(43)44-2/h5-10,12,14,17,19,23-24,27,30H,3-4,11,13,15-16H2,1-2H3,(H,35,37,43)/t23?,24?,27?,30-/m1/s1. The van der Waals surface area contributed by atoms with Gasteiger partial charge in [0.15, 0.2) is 0 Å². The molecule has 6 heterocycles. The Kier molecular flexibility index (Phi) is 5.49. The summed E-state index contributed by atoms with van der Waals surface area (Å²) in [5.74, 6) is 3.51. The van der Waals surface area contributed by atoms with E-state index in [0.717, 1.165) is 69.7 Å². The molecule has 1 saturated heterocycles. The number of amides is 2. The van der Waals surface area contributed by atoms with Crippen LogP contribution in [0.2, 0.25) is 0 Å². The summed E-state index contributed by atoms with van der Waals surface area (Å²) in [6, 6.07) is 14.4. The number of hydrogen-bond acceptors (Lipinski definition) is 6. The summed E-state index contributed by atoms with van der Waals surface area (Å²) in [4.78, 5) is 36.7. The first kappa shape index (κ1) is 25.7. The zero-order valence-corrected chi connectivity index (χ0v) is 24.7. The van der Waals surface area contributed by atoms with E-state index < -0.39 is 6.09 Å². The van der Waals surface area contributed by atoms with Crippen molar-refractivity contribution in [1.82, 2.24) is 29.0 Å². The van der Waals surface area contributed by atoms with Crippen LogP contribution in [-0.4, -0.2) is 60.7 Å². The average Bonchev–Trinajstić information content (AvgIpc) is 3.70. The fourth-order valence-corrected chi connectivity index (χ4v) is 7.91. The molecule has 3 unspecified atom stereocenters. The Morgan fingerprint density at radius 2 is 1.95 bits per heavy atom. The Balaban J connectivity index is 1.07. The third-order valence-corrected chi connectivity index (χ3v) is 10.5. The molecule has 1 aliphatic heterocycles. The average molecular weight is 588 g/mol. The van der Waals surface area contributed by atoms with E-state index in [1.165, 1.54) is 32.8 Å². The zero-order chi connectivity index (χ0) is 29.7. The molecule has 4 fully saturated rings. The zero-order valence-electron chi connectivity index (χ0n) is 24.7. The normalized spacial score (nSPS) is 23.4. The summed E-state index contributed by atoms with van der Waals surface area (Å²) in [7, 11) is 1.32. The highest BCUT2D eigenvalue weighted by Crippen LogP contribution is 2.60. The molecule has 44 heavy (non-hydrogen) atoms. The van der Waals surface area contributed by atoms with Gasteiger partial charge in [0, 0.05) is 48.0 Å². The number of likely N-dealkylation sites (tertiary alicyclic amines) is 1. The predicted molar refractivity (Wildman–Crippen MR) is 165 cm³/mol. The Morgan fingerprint density at radius 1 is 1.07 bits per heavy atom. The molecule has 222 valence electrons. The predicted octanol–water partition coefficient (Wildman–Crippen LogP) is 5.79. The molecule has 10 nitrogen and oxygen atoms in total. The van der Waals surface area contributed by atoms with Gasteiger partial charge in [0.2, 0.25) is 0 Å². The number of methoxy groups -OCH3 is 1. The van der Waals surface area contributed by atoms with Crippen molar-refractivity contribution in [3.05, 3.63) is 66.0 Å². The van der Waals surface area contributed by atoms with E-state index in [1.807, 2.05) is 35.0 Å². The Labute approximate surface area is 254 Å². The molecule has 3 saturated carbocycles. The van der Waals surface area contributed by atoms with Gasteiger partial charge in [0.05, 0.1) is 29.6 Å². The van der Waals surface area contributed by atoms with E-state index in [4.69, 9.17) is 10.1 Å². The molecular weight excluding hydrogens is 554 g/mol. The first-order valence-corrected chi connectivity index (χ1v) is 15.6. The number of carbonyl (C=O) groups is 2. The summed E-state index contributed by atoms with van der Waals surface area (Å²) >= 11 is 0. The first-order valence-electron chi connectivity index (χ1n) is 15.6. The van der Waals surface area contributed by atoms with E-state index in [0.29, 0.717) is 29.3 Å². The fourth-order valence-electron chi connectivity index (χ4n) is 7.91. The molecule has 9 rings (SSSR count). The van der Waals surface area contributed by atoms with Crippen LogP contribution >= 0.6 is 0 Å². The molecule has 5 aromatic rings. The van der Waals surface area contributed by atoms with Gasteiger partial charge in [-0.25, -0.2) is 19.3 Å². The lowest BCUT2D eigenvalue weighted by Gasteiger charge is -2.52. The first-order chi connectivity index (χ1) is 21.4. The minimum absolute atomic E-state index is 0.141.